The average molecular weight is 303 g/mol. The zero-order valence-corrected chi connectivity index (χ0v) is 12.7. The highest BCUT2D eigenvalue weighted by molar-refractivity contribution is 5.94. The van der Waals surface area contributed by atoms with Gasteiger partial charge in [-0.05, 0) is 37.1 Å². The molecule has 0 saturated carbocycles. The summed E-state index contributed by atoms with van der Waals surface area (Å²) in [4.78, 5) is 25.6. The minimum absolute atomic E-state index is 0.0593. The van der Waals surface area contributed by atoms with Crippen molar-refractivity contribution in [1.29, 1.82) is 0 Å². The van der Waals surface area contributed by atoms with Gasteiger partial charge < -0.3 is 20.3 Å². The van der Waals surface area contributed by atoms with Gasteiger partial charge in [0.2, 0.25) is 11.8 Å². The molecular weight excluding hydrogens is 282 g/mol. The number of ether oxygens (including phenoxy) is 1. The number of nitrogens with one attached hydrogen (secondary N) is 2. The van der Waals surface area contributed by atoms with Crippen molar-refractivity contribution >= 4 is 23.2 Å². The van der Waals surface area contributed by atoms with Crippen molar-refractivity contribution < 1.29 is 14.3 Å². The minimum atomic E-state index is -0.283. The summed E-state index contributed by atoms with van der Waals surface area (Å²) in [6.45, 7) is 4.40. The molecule has 2 N–H and O–H groups in total. The molecule has 22 heavy (non-hydrogen) atoms. The first-order valence-electron chi connectivity index (χ1n) is 7.69. The van der Waals surface area contributed by atoms with Crippen molar-refractivity contribution in [3.63, 3.8) is 0 Å². The molecule has 0 spiro atoms. The van der Waals surface area contributed by atoms with E-state index in [4.69, 9.17) is 4.74 Å². The van der Waals surface area contributed by atoms with Crippen LogP contribution < -0.4 is 10.6 Å². The Morgan fingerprint density at radius 2 is 2.09 bits per heavy atom. The van der Waals surface area contributed by atoms with Crippen LogP contribution in [-0.2, 0) is 20.7 Å². The minimum Gasteiger partial charge on any atom is -0.378 e. The second-order valence-corrected chi connectivity index (χ2v) is 5.72. The second kappa shape index (κ2) is 6.36. The number of benzene rings is 1. The molecule has 2 amide bonds. The highest BCUT2D eigenvalue weighted by atomic mass is 16.5. The fourth-order valence-corrected chi connectivity index (χ4v) is 2.84. The summed E-state index contributed by atoms with van der Waals surface area (Å²) in [5.74, 6) is 0.151. The van der Waals surface area contributed by atoms with Gasteiger partial charge in [-0.15, -0.1) is 0 Å². The van der Waals surface area contributed by atoms with Crippen molar-refractivity contribution in [2.45, 2.75) is 25.8 Å². The van der Waals surface area contributed by atoms with E-state index < -0.39 is 0 Å². The van der Waals surface area contributed by atoms with Gasteiger partial charge in [0.1, 0.15) is 6.04 Å². The van der Waals surface area contributed by atoms with Crippen molar-refractivity contribution in [3.05, 3.63) is 23.8 Å². The van der Waals surface area contributed by atoms with Crippen molar-refractivity contribution in [1.82, 2.24) is 4.90 Å². The number of fused-ring (bicyclic) bond motifs is 1. The third kappa shape index (κ3) is 3.22. The molecule has 1 aromatic rings. The lowest BCUT2D eigenvalue weighted by Crippen LogP contribution is -2.47. The molecule has 1 atom stereocenters. The Balaban J connectivity index is 1.65. The molecule has 6 heteroatoms. The Morgan fingerprint density at radius 3 is 2.86 bits per heavy atom. The Kier molecular flexibility index (Phi) is 4.29. The molecule has 118 valence electrons. The lowest BCUT2D eigenvalue weighted by atomic mass is 10.0. The smallest absolute Gasteiger partial charge is 0.244 e. The van der Waals surface area contributed by atoms with Crippen molar-refractivity contribution in [2.24, 2.45) is 0 Å². The third-order valence-electron chi connectivity index (χ3n) is 4.08. The summed E-state index contributed by atoms with van der Waals surface area (Å²) in [6.07, 6.45) is 1.25. The fraction of sp³-hybridized carbons (Fsp3) is 0.500. The lowest BCUT2D eigenvalue weighted by Gasteiger charge is -2.30. The number of anilines is 2. The summed E-state index contributed by atoms with van der Waals surface area (Å²) in [7, 11) is 0. The van der Waals surface area contributed by atoms with Gasteiger partial charge in [-0.3, -0.25) is 9.59 Å². The molecule has 1 aromatic carbocycles. The molecular formula is C16H21N3O3. The lowest BCUT2D eigenvalue weighted by molar-refractivity contribution is -0.135. The molecule has 3 rings (SSSR count). The van der Waals surface area contributed by atoms with Gasteiger partial charge in [-0.25, -0.2) is 0 Å². The van der Waals surface area contributed by atoms with E-state index in [1.165, 1.54) is 0 Å². The molecule has 2 heterocycles. The van der Waals surface area contributed by atoms with Crippen LogP contribution in [0.25, 0.3) is 0 Å². The van der Waals surface area contributed by atoms with Crippen LogP contribution in [-0.4, -0.2) is 49.1 Å². The topological polar surface area (TPSA) is 70.7 Å². The van der Waals surface area contributed by atoms with Gasteiger partial charge in [0.05, 0.1) is 13.2 Å². The number of hydrogen-bond donors (Lipinski definition) is 2. The van der Waals surface area contributed by atoms with Crippen molar-refractivity contribution in [2.75, 3.05) is 36.9 Å². The summed E-state index contributed by atoms with van der Waals surface area (Å²) in [5, 5.41) is 6.11. The fourth-order valence-electron chi connectivity index (χ4n) is 2.84. The number of carbonyl (C=O) groups excluding carboxylic acids is 2. The SMILES string of the molecule is CC(Nc1ccc2c(c1)CCC(=O)N2)C(=O)N1CCOCC1. The molecule has 0 aliphatic carbocycles. The second-order valence-electron chi connectivity index (χ2n) is 5.72. The average Bonchev–Trinajstić information content (AvgIpc) is 2.55. The molecule has 0 aromatic heterocycles. The van der Waals surface area contributed by atoms with E-state index in [0.717, 1.165) is 23.4 Å². The van der Waals surface area contributed by atoms with Gasteiger partial charge in [-0.2, -0.15) is 0 Å². The highest BCUT2D eigenvalue weighted by Crippen LogP contribution is 2.26. The van der Waals surface area contributed by atoms with Crippen molar-refractivity contribution in [3.8, 4) is 0 Å². The molecule has 1 unspecified atom stereocenters. The number of carbonyl (C=O) groups is 2. The number of nitrogens with zero attached hydrogens (tertiary/aromatic N) is 1. The standard InChI is InChI=1S/C16H21N3O3/c1-11(16(21)19-6-8-22-9-7-19)17-13-3-4-14-12(10-13)2-5-15(20)18-14/h3-4,10-11,17H,2,5-9H2,1H3,(H,18,20). The van der Waals surface area contributed by atoms with Crippen LogP contribution in [0.3, 0.4) is 0 Å². The molecule has 0 radical (unpaired) electrons. The summed E-state index contributed by atoms with van der Waals surface area (Å²) >= 11 is 0. The van der Waals surface area contributed by atoms with E-state index in [1.807, 2.05) is 30.0 Å². The molecule has 0 bridgehead atoms. The van der Waals surface area contributed by atoms with Crippen LogP contribution in [0, 0.1) is 0 Å². The van der Waals surface area contributed by atoms with E-state index >= 15 is 0 Å². The van der Waals surface area contributed by atoms with E-state index in [2.05, 4.69) is 10.6 Å². The third-order valence-corrected chi connectivity index (χ3v) is 4.08. The zero-order chi connectivity index (χ0) is 15.5. The number of rotatable bonds is 3. The number of amides is 2. The maximum absolute atomic E-state index is 12.4. The predicted molar refractivity (Wildman–Crippen MR) is 83.9 cm³/mol. The van der Waals surface area contributed by atoms with E-state index in [0.29, 0.717) is 32.7 Å². The first kappa shape index (κ1) is 14.8. The van der Waals surface area contributed by atoms with E-state index in [1.54, 1.807) is 0 Å². The van der Waals surface area contributed by atoms with Crippen LogP contribution >= 0.6 is 0 Å². The molecule has 6 nitrogen and oxygen atoms in total. The van der Waals surface area contributed by atoms with Gasteiger partial charge in [0.15, 0.2) is 0 Å². The first-order valence-corrected chi connectivity index (χ1v) is 7.69. The molecule has 2 aliphatic heterocycles. The Hall–Kier alpha value is -2.08. The van der Waals surface area contributed by atoms with Gasteiger partial charge in [-0.1, -0.05) is 0 Å². The van der Waals surface area contributed by atoms with Crippen LogP contribution in [0.1, 0.15) is 18.9 Å². The van der Waals surface area contributed by atoms with Crippen LogP contribution in [0.5, 0.6) is 0 Å². The molecule has 1 fully saturated rings. The van der Waals surface area contributed by atoms with E-state index in [9.17, 15) is 9.59 Å². The normalized spacial score (nSPS) is 19.1. The summed E-state index contributed by atoms with van der Waals surface area (Å²) < 4.78 is 5.27. The monoisotopic (exact) mass is 303 g/mol. The first-order chi connectivity index (χ1) is 10.6. The summed E-state index contributed by atoms with van der Waals surface area (Å²) in [6, 6.07) is 5.51. The molecule has 1 saturated heterocycles. The van der Waals surface area contributed by atoms with Crippen LogP contribution in [0.2, 0.25) is 0 Å². The zero-order valence-electron chi connectivity index (χ0n) is 12.7. The Bertz CT molecular complexity index is 582. The van der Waals surface area contributed by atoms with Crippen LogP contribution in [0.4, 0.5) is 11.4 Å². The van der Waals surface area contributed by atoms with Crippen LogP contribution in [0.15, 0.2) is 18.2 Å². The quantitative estimate of drug-likeness (QED) is 0.881. The number of aryl methyl sites for hydroxylation is 1. The number of hydrogen-bond acceptors (Lipinski definition) is 4. The Morgan fingerprint density at radius 1 is 1.32 bits per heavy atom. The predicted octanol–water partition coefficient (Wildman–Crippen LogP) is 1.23. The van der Waals surface area contributed by atoms with E-state index in [-0.39, 0.29) is 17.9 Å². The number of morpholine rings is 1. The largest absolute Gasteiger partial charge is 0.378 e. The maximum Gasteiger partial charge on any atom is 0.244 e. The maximum atomic E-state index is 12.4. The molecule has 2 aliphatic rings. The Labute approximate surface area is 129 Å². The van der Waals surface area contributed by atoms with Gasteiger partial charge >= 0.3 is 0 Å². The highest BCUT2D eigenvalue weighted by Gasteiger charge is 2.22. The van der Waals surface area contributed by atoms with Gasteiger partial charge in [0, 0.05) is 30.9 Å². The summed E-state index contributed by atoms with van der Waals surface area (Å²) in [5.41, 5.74) is 2.88. The van der Waals surface area contributed by atoms with Gasteiger partial charge in [0.25, 0.3) is 0 Å².